The molecule has 3 heteroatoms. The Morgan fingerprint density at radius 2 is 1.57 bits per heavy atom. The van der Waals surface area contributed by atoms with E-state index in [0.29, 0.717) is 6.42 Å². The molecule has 0 heterocycles. The molecule has 3 nitrogen and oxygen atoms in total. The lowest BCUT2D eigenvalue weighted by Gasteiger charge is -2.13. The maximum Gasteiger partial charge on any atom is 0.229 e. The van der Waals surface area contributed by atoms with Crippen LogP contribution in [0.2, 0.25) is 0 Å². The molecule has 0 saturated carbocycles. The Kier molecular flexibility index (Phi) is 7.07. The van der Waals surface area contributed by atoms with Gasteiger partial charge in [-0.2, -0.15) is 0 Å². The van der Waals surface area contributed by atoms with Crippen LogP contribution in [0.25, 0.3) is 0 Å². The van der Waals surface area contributed by atoms with Crippen molar-refractivity contribution in [3.8, 4) is 0 Å². The number of rotatable bonds is 6. The second-order valence-corrected chi connectivity index (χ2v) is 3.54. The Morgan fingerprint density at radius 3 is 1.93 bits per heavy atom. The maximum atomic E-state index is 11.6. The first-order valence-electron chi connectivity index (χ1n) is 5.49. The fraction of sp³-hybridized carbons (Fsp3) is 0.818. The van der Waals surface area contributed by atoms with E-state index in [1.165, 1.54) is 0 Å². The minimum Gasteiger partial charge on any atom is -0.296 e. The Labute approximate surface area is 86.3 Å². The molecule has 0 aliphatic heterocycles. The van der Waals surface area contributed by atoms with Crippen LogP contribution >= 0.6 is 0 Å². The Hall–Kier alpha value is -0.860. The second kappa shape index (κ2) is 7.54. The minimum absolute atomic E-state index is 0.0144. The molecule has 0 fully saturated rings. The van der Waals surface area contributed by atoms with Crippen LogP contribution in [-0.2, 0) is 9.59 Å². The van der Waals surface area contributed by atoms with Crippen LogP contribution in [0.15, 0.2) is 0 Å². The van der Waals surface area contributed by atoms with Gasteiger partial charge in [-0.3, -0.25) is 14.9 Å². The Morgan fingerprint density at radius 1 is 1.07 bits per heavy atom. The first kappa shape index (κ1) is 13.1. The SMILES string of the molecule is CCCC(CCC)C(=O)NC(=O)CC. The molecule has 14 heavy (non-hydrogen) atoms. The van der Waals surface area contributed by atoms with Crippen molar-refractivity contribution in [1.29, 1.82) is 0 Å². The molecule has 0 spiro atoms. The number of hydrogen-bond acceptors (Lipinski definition) is 2. The van der Waals surface area contributed by atoms with E-state index >= 15 is 0 Å². The van der Waals surface area contributed by atoms with Gasteiger partial charge in [0.2, 0.25) is 11.8 Å². The number of amides is 2. The highest BCUT2D eigenvalue weighted by molar-refractivity contribution is 5.96. The summed E-state index contributed by atoms with van der Waals surface area (Å²) in [5.41, 5.74) is 0. The largest absolute Gasteiger partial charge is 0.296 e. The number of imide groups is 1. The Bertz CT molecular complexity index is 184. The minimum atomic E-state index is -0.174. The predicted molar refractivity (Wildman–Crippen MR) is 56.7 cm³/mol. The fourth-order valence-electron chi connectivity index (χ4n) is 1.43. The molecule has 0 aliphatic rings. The van der Waals surface area contributed by atoms with Crippen LogP contribution in [0, 0.1) is 5.92 Å². The van der Waals surface area contributed by atoms with E-state index in [9.17, 15) is 9.59 Å². The van der Waals surface area contributed by atoms with Gasteiger partial charge in [-0.05, 0) is 12.8 Å². The smallest absolute Gasteiger partial charge is 0.229 e. The predicted octanol–water partition coefficient (Wildman–Crippen LogP) is 2.26. The van der Waals surface area contributed by atoms with Gasteiger partial charge < -0.3 is 0 Å². The highest BCUT2D eigenvalue weighted by Crippen LogP contribution is 2.13. The lowest BCUT2D eigenvalue weighted by molar-refractivity contribution is -0.133. The van der Waals surface area contributed by atoms with Crippen LogP contribution in [-0.4, -0.2) is 11.8 Å². The number of carbonyl (C=O) groups is 2. The molecule has 2 amide bonds. The summed E-state index contributed by atoms with van der Waals surface area (Å²) in [5, 5.41) is 2.42. The average Bonchev–Trinajstić information content (AvgIpc) is 2.17. The summed E-state index contributed by atoms with van der Waals surface area (Å²) in [6.07, 6.45) is 4.08. The molecule has 0 atom stereocenters. The monoisotopic (exact) mass is 199 g/mol. The molecule has 0 rings (SSSR count). The van der Waals surface area contributed by atoms with Crippen molar-refractivity contribution in [3.05, 3.63) is 0 Å². The molecule has 0 saturated heterocycles. The third-order valence-corrected chi connectivity index (χ3v) is 2.23. The van der Waals surface area contributed by atoms with E-state index in [1.54, 1.807) is 6.92 Å². The molecule has 0 aromatic carbocycles. The van der Waals surface area contributed by atoms with Crippen LogP contribution in [0.3, 0.4) is 0 Å². The molecule has 1 N–H and O–H groups in total. The molecular formula is C11H21NO2. The molecule has 0 radical (unpaired) electrons. The van der Waals surface area contributed by atoms with Crippen molar-refractivity contribution in [3.63, 3.8) is 0 Å². The van der Waals surface area contributed by atoms with Crippen molar-refractivity contribution in [2.24, 2.45) is 5.92 Å². The summed E-state index contributed by atoms with van der Waals surface area (Å²) in [4.78, 5) is 22.6. The van der Waals surface area contributed by atoms with Gasteiger partial charge in [0.1, 0.15) is 0 Å². The lowest BCUT2D eigenvalue weighted by Crippen LogP contribution is -2.35. The van der Waals surface area contributed by atoms with E-state index < -0.39 is 0 Å². The van der Waals surface area contributed by atoms with Gasteiger partial charge in [0.25, 0.3) is 0 Å². The number of hydrogen-bond donors (Lipinski definition) is 1. The maximum absolute atomic E-state index is 11.6. The summed E-state index contributed by atoms with van der Waals surface area (Å²) in [7, 11) is 0. The van der Waals surface area contributed by atoms with E-state index in [1.807, 2.05) is 0 Å². The molecular weight excluding hydrogens is 178 g/mol. The third kappa shape index (κ3) is 5.00. The van der Waals surface area contributed by atoms with Gasteiger partial charge in [0, 0.05) is 12.3 Å². The summed E-state index contributed by atoms with van der Waals surface area (Å²) < 4.78 is 0. The van der Waals surface area contributed by atoms with Crippen molar-refractivity contribution in [1.82, 2.24) is 5.32 Å². The van der Waals surface area contributed by atoms with Crippen molar-refractivity contribution in [2.45, 2.75) is 52.9 Å². The van der Waals surface area contributed by atoms with Crippen LogP contribution in [0.4, 0.5) is 0 Å². The molecule has 0 aliphatic carbocycles. The molecule has 0 bridgehead atoms. The van der Waals surface area contributed by atoms with E-state index in [2.05, 4.69) is 19.2 Å². The van der Waals surface area contributed by atoms with Gasteiger partial charge in [0.15, 0.2) is 0 Å². The lowest BCUT2D eigenvalue weighted by atomic mass is 9.97. The highest BCUT2D eigenvalue weighted by atomic mass is 16.2. The second-order valence-electron chi connectivity index (χ2n) is 3.54. The van der Waals surface area contributed by atoms with Gasteiger partial charge in [-0.1, -0.05) is 33.6 Å². The van der Waals surface area contributed by atoms with Gasteiger partial charge in [0.05, 0.1) is 0 Å². The normalized spacial score (nSPS) is 10.3. The van der Waals surface area contributed by atoms with Crippen molar-refractivity contribution in [2.75, 3.05) is 0 Å². The molecule has 0 unspecified atom stereocenters. The van der Waals surface area contributed by atoms with Crippen molar-refractivity contribution < 1.29 is 9.59 Å². The molecule has 0 aromatic rings. The zero-order chi connectivity index (χ0) is 11.0. The quantitative estimate of drug-likeness (QED) is 0.713. The van der Waals surface area contributed by atoms with E-state index in [4.69, 9.17) is 0 Å². The fourth-order valence-corrected chi connectivity index (χ4v) is 1.43. The molecule has 82 valence electrons. The van der Waals surface area contributed by atoms with Gasteiger partial charge in [-0.25, -0.2) is 0 Å². The zero-order valence-electron chi connectivity index (χ0n) is 9.43. The van der Waals surface area contributed by atoms with Crippen LogP contribution < -0.4 is 5.32 Å². The number of nitrogens with one attached hydrogen (secondary N) is 1. The first-order valence-corrected chi connectivity index (χ1v) is 5.49. The summed E-state index contributed by atoms with van der Waals surface area (Å²) >= 11 is 0. The standard InChI is InChI=1S/C11H21NO2/c1-4-7-9(8-5-2)11(14)12-10(13)6-3/h9H,4-8H2,1-3H3,(H,12,13,14). The van der Waals surface area contributed by atoms with E-state index in [-0.39, 0.29) is 17.7 Å². The number of carbonyl (C=O) groups excluding carboxylic acids is 2. The zero-order valence-corrected chi connectivity index (χ0v) is 9.43. The van der Waals surface area contributed by atoms with Crippen LogP contribution in [0.1, 0.15) is 52.9 Å². The third-order valence-electron chi connectivity index (χ3n) is 2.23. The highest BCUT2D eigenvalue weighted by Gasteiger charge is 2.17. The van der Waals surface area contributed by atoms with Crippen LogP contribution in [0.5, 0.6) is 0 Å². The summed E-state index contributed by atoms with van der Waals surface area (Å²) in [5.74, 6) is -0.256. The Balaban J connectivity index is 4.06. The molecule has 0 aromatic heterocycles. The first-order chi connectivity index (χ1) is 6.65. The van der Waals surface area contributed by atoms with Gasteiger partial charge in [-0.15, -0.1) is 0 Å². The summed E-state index contributed by atoms with van der Waals surface area (Å²) in [6.45, 7) is 5.85. The van der Waals surface area contributed by atoms with Crippen molar-refractivity contribution >= 4 is 11.8 Å². The van der Waals surface area contributed by atoms with E-state index in [0.717, 1.165) is 25.7 Å². The topological polar surface area (TPSA) is 46.2 Å². The van der Waals surface area contributed by atoms with Gasteiger partial charge >= 0.3 is 0 Å². The summed E-state index contributed by atoms with van der Waals surface area (Å²) in [6, 6.07) is 0. The average molecular weight is 199 g/mol.